The van der Waals surface area contributed by atoms with E-state index in [4.69, 9.17) is 5.73 Å². The van der Waals surface area contributed by atoms with Gasteiger partial charge in [0.15, 0.2) is 0 Å². The number of fused-ring (bicyclic) bond motifs is 1. The summed E-state index contributed by atoms with van der Waals surface area (Å²) in [5.41, 5.74) is 6.36. The minimum atomic E-state index is 0.0578. The number of thioether (sulfide) groups is 2. The highest BCUT2D eigenvalue weighted by Gasteiger charge is 2.12. The van der Waals surface area contributed by atoms with Gasteiger partial charge < -0.3 is 11.1 Å². The third-order valence-corrected chi connectivity index (χ3v) is 4.76. The van der Waals surface area contributed by atoms with Crippen molar-refractivity contribution in [2.75, 3.05) is 24.6 Å². The van der Waals surface area contributed by atoms with Crippen molar-refractivity contribution in [2.45, 2.75) is 11.3 Å². The van der Waals surface area contributed by atoms with E-state index in [1.807, 2.05) is 18.2 Å². The van der Waals surface area contributed by atoms with Crippen LogP contribution in [0.4, 0.5) is 5.69 Å². The van der Waals surface area contributed by atoms with Crippen LogP contribution in [-0.2, 0) is 4.79 Å². The Hall–Kier alpha value is -0.980. The Morgan fingerprint density at radius 3 is 3.16 bits per heavy atom. The fourth-order valence-corrected chi connectivity index (χ4v) is 3.59. The van der Waals surface area contributed by atoms with E-state index < -0.39 is 0 Å². The van der Waals surface area contributed by atoms with Crippen LogP contribution in [0.2, 0.25) is 0 Å². The Balaban J connectivity index is 1.79. The molecule has 0 radical (unpaired) electrons. The Morgan fingerprint density at radius 2 is 2.32 bits per heavy atom. The minimum Gasteiger partial charge on any atom is -0.355 e. The number of nitrogens with two attached hydrogens (primary N) is 1. The Kier molecular flexibility index (Phi) is 5.75. The molecule has 1 amide bonds. The molecule has 0 atom stereocenters. The zero-order valence-corrected chi connectivity index (χ0v) is 12.2. The van der Waals surface area contributed by atoms with Gasteiger partial charge in [0, 0.05) is 35.9 Å². The van der Waals surface area contributed by atoms with Crippen LogP contribution in [0.25, 0.3) is 0 Å². The van der Waals surface area contributed by atoms with Crippen LogP contribution in [0.15, 0.2) is 34.2 Å². The molecule has 1 aliphatic rings. The number of benzene rings is 1. The molecule has 0 saturated carbocycles. The Labute approximate surface area is 121 Å². The van der Waals surface area contributed by atoms with Gasteiger partial charge in [-0.2, -0.15) is 0 Å². The first-order valence-corrected chi connectivity index (χ1v) is 8.15. The van der Waals surface area contributed by atoms with Gasteiger partial charge in [-0.1, -0.05) is 12.1 Å². The first-order valence-electron chi connectivity index (χ1n) is 6.18. The van der Waals surface area contributed by atoms with Crippen molar-refractivity contribution in [3.05, 3.63) is 24.3 Å². The largest absolute Gasteiger partial charge is 0.355 e. The maximum absolute atomic E-state index is 11.4. The van der Waals surface area contributed by atoms with Crippen molar-refractivity contribution in [3.63, 3.8) is 0 Å². The average molecular weight is 295 g/mol. The van der Waals surface area contributed by atoms with E-state index in [1.54, 1.807) is 23.5 Å². The van der Waals surface area contributed by atoms with Crippen LogP contribution in [0.5, 0.6) is 0 Å². The highest BCUT2D eigenvalue weighted by Crippen LogP contribution is 2.35. The molecule has 102 valence electrons. The molecule has 0 saturated heterocycles. The van der Waals surface area contributed by atoms with Gasteiger partial charge in [0.05, 0.1) is 10.7 Å². The number of carbonyl (C=O) groups excluding carboxylic acids is 1. The number of amides is 1. The van der Waals surface area contributed by atoms with Crippen molar-refractivity contribution >= 4 is 40.2 Å². The third-order valence-electron chi connectivity index (χ3n) is 2.53. The Morgan fingerprint density at radius 1 is 1.47 bits per heavy atom. The topological polar surface area (TPSA) is 67.5 Å². The molecule has 0 aliphatic carbocycles. The predicted octanol–water partition coefficient (Wildman–Crippen LogP) is 2.02. The van der Waals surface area contributed by atoms with E-state index in [2.05, 4.69) is 16.4 Å². The molecule has 0 fully saturated rings. The molecule has 3 N–H and O–H groups in total. The summed E-state index contributed by atoms with van der Waals surface area (Å²) in [5.74, 6) is 1.71. The molecule has 1 aliphatic heterocycles. The van der Waals surface area contributed by atoms with Crippen LogP contribution in [0.1, 0.15) is 6.42 Å². The summed E-state index contributed by atoms with van der Waals surface area (Å²) < 4.78 is 0. The van der Waals surface area contributed by atoms with Gasteiger partial charge in [0.25, 0.3) is 0 Å². The number of hydrogen-bond acceptors (Lipinski definition) is 5. The fourth-order valence-electron chi connectivity index (χ4n) is 1.61. The average Bonchev–Trinajstić information content (AvgIpc) is 2.45. The van der Waals surface area contributed by atoms with E-state index in [1.165, 1.54) is 4.90 Å². The number of carbonyl (C=O) groups is 1. The zero-order valence-electron chi connectivity index (χ0n) is 10.6. The number of aliphatic imine (C=N–C) groups is 1. The second-order valence-electron chi connectivity index (χ2n) is 4.00. The summed E-state index contributed by atoms with van der Waals surface area (Å²) in [6.45, 7) is 1.03. The number of nitrogens with zero attached hydrogens (tertiary/aromatic N) is 1. The molecule has 0 bridgehead atoms. The van der Waals surface area contributed by atoms with E-state index in [-0.39, 0.29) is 5.91 Å². The smallest absolute Gasteiger partial charge is 0.220 e. The Bertz CT molecular complexity index is 477. The van der Waals surface area contributed by atoms with E-state index >= 15 is 0 Å². The molecular formula is C13H17N3OS2. The normalized spacial score (nSPS) is 13.6. The molecular weight excluding hydrogens is 278 g/mol. The predicted molar refractivity (Wildman–Crippen MR) is 83.4 cm³/mol. The fraction of sp³-hybridized carbons (Fsp3) is 0.385. The molecule has 2 rings (SSSR count). The summed E-state index contributed by atoms with van der Waals surface area (Å²) in [6.07, 6.45) is 0.510. The lowest BCUT2D eigenvalue weighted by atomic mass is 10.3. The number of hydrogen-bond donors (Lipinski definition) is 2. The molecule has 0 spiro atoms. The first-order chi connectivity index (χ1) is 9.29. The zero-order chi connectivity index (χ0) is 13.5. The summed E-state index contributed by atoms with van der Waals surface area (Å²) in [6, 6.07) is 8.14. The van der Waals surface area contributed by atoms with Crippen molar-refractivity contribution < 1.29 is 4.79 Å². The lowest BCUT2D eigenvalue weighted by Crippen LogP contribution is -2.29. The third kappa shape index (κ3) is 4.56. The van der Waals surface area contributed by atoms with Crippen LogP contribution >= 0.6 is 23.5 Å². The van der Waals surface area contributed by atoms with Gasteiger partial charge in [-0.15, -0.1) is 23.5 Å². The van der Waals surface area contributed by atoms with Crippen molar-refractivity contribution in [1.29, 1.82) is 0 Å². The maximum atomic E-state index is 11.4. The van der Waals surface area contributed by atoms with Gasteiger partial charge >= 0.3 is 0 Å². The standard InChI is InChI=1S/C13H17N3OS2/c14-6-7-15-12(17)5-8-18-13-9-19-11-4-2-1-3-10(11)16-13/h1-4H,5-9,14H2,(H,15,17). The van der Waals surface area contributed by atoms with Gasteiger partial charge in [0.2, 0.25) is 5.91 Å². The summed E-state index contributed by atoms with van der Waals surface area (Å²) in [7, 11) is 0. The molecule has 1 heterocycles. The monoisotopic (exact) mass is 295 g/mol. The maximum Gasteiger partial charge on any atom is 0.220 e. The second-order valence-corrected chi connectivity index (χ2v) is 6.18. The summed E-state index contributed by atoms with van der Waals surface area (Å²) in [5, 5.41) is 3.86. The quantitative estimate of drug-likeness (QED) is 0.872. The lowest BCUT2D eigenvalue weighted by Gasteiger charge is -2.14. The highest BCUT2D eigenvalue weighted by atomic mass is 32.2. The molecule has 4 nitrogen and oxygen atoms in total. The van der Waals surface area contributed by atoms with E-state index in [9.17, 15) is 4.79 Å². The van der Waals surface area contributed by atoms with E-state index in [0.29, 0.717) is 19.5 Å². The van der Waals surface area contributed by atoms with Gasteiger partial charge in [0.1, 0.15) is 0 Å². The minimum absolute atomic E-state index is 0.0578. The number of rotatable bonds is 5. The van der Waals surface area contributed by atoms with Gasteiger partial charge in [-0.25, -0.2) is 4.99 Å². The molecule has 19 heavy (non-hydrogen) atoms. The van der Waals surface area contributed by atoms with Crippen LogP contribution < -0.4 is 11.1 Å². The van der Waals surface area contributed by atoms with Crippen molar-refractivity contribution in [2.24, 2.45) is 10.7 Å². The first kappa shape index (κ1) is 14.4. The van der Waals surface area contributed by atoms with Crippen LogP contribution in [0, 0.1) is 0 Å². The van der Waals surface area contributed by atoms with E-state index in [0.717, 1.165) is 22.2 Å². The second kappa shape index (κ2) is 7.57. The molecule has 0 aromatic heterocycles. The summed E-state index contributed by atoms with van der Waals surface area (Å²) in [4.78, 5) is 17.3. The van der Waals surface area contributed by atoms with Gasteiger partial charge in [-0.3, -0.25) is 4.79 Å². The van der Waals surface area contributed by atoms with Crippen LogP contribution in [0.3, 0.4) is 0 Å². The SMILES string of the molecule is NCCNC(=O)CCSC1=Nc2ccccc2SC1. The highest BCUT2D eigenvalue weighted by molar-refractivity contribution is 8.16. The molecule has 1 aromatic carbocycles. The van der Waals surface area contributed by atoms with Gasteiger partial charge in [-0.05, 0) is 12.1 Å². The lowest BCUT2D eigenvalue weighted by molar-refractivity contribution is -0.120. The van der Waals surface area contributed by atoms with Crippen LogP contribution in [-0.4, -0.2) is 35.5 Å². The molecule has 0 unspecified atom stereocenters. The molecule has 1 aromatic rings. The van der Waals surface area contributed by atoms with Crippen molar-refractivity contribution in [3.8, 4) is 0 Å². The number of nitrogens with one attached hydrogen (secondary N) is 1. The number of para-hydroxylation sites is 1. The summed E-state index contributed by atoms with van der Waals surface area (Å²) >= 11 is 3.46. The molecule has 6 heteroatoms. The van der Waals surface area contributed by atoms with Crippen molar-refractivity contribution in [1.82, 2.24) is 5.32 Å².